The highest BCUT2D eigenvalue weighted by molar-refractivity contribution is 7.47. The molecule has 0 aliphatic carbocycles. The highest BCUT2D eigenvalue weighted by Gasteiger charge is 2.27. The van der Waals surface area contributed by atoms with Crippen molar-refractivity contribution in [1.82, 2.24) is 0 Å². The van der Waals surface area contributed by atoms with E-state index in [4.69, 9.17) is 19.1 Å². The van der Waals surface area contributed by atoms with Crippen molar-refractivity contribution in [2.75, 3.05) is 26.4 Å². The Morgan fingerprint density at radius 3 is 1.46 bits per heavy atom. The second-order valence-electron chi connectivity index (χ2n) is 14.7. The van der Waals surface area contributed by atoms with Crippen LogP contribution in [0.4, 0.5) is 0 Å². The number of carbonyl (C=O) groups excluding carboxylic acids is 2. The molecule has 0 aromatic carbocycles. The summed E-state index contributed by atoms with van der Waals surface area (Å²) in [7, 11) is -4.64. The van der Waals surface area contributed by atoms with Crippen LogP contribution >= 0.6 is 7.82 Å². The molecular weight excluding hydrogens is 767 g/mol. The van der Waals surface area contributed by atoms with Gasteiger partial charge in [0.15, 0.2) is 6.10 Å². The van der Waals surface area contributed by atoms with E-state index < -0.39 is 51.8 Å². The van der Waals surface area contributed by atoms with E-state index in [0.29, 0.717) is 19.3 Å². The Morgan fingerprint density at radius 2 is 0.949 bits per heavy atom. The lowest BCUT2D eigenvalue weighted by Gasteiger charge is -2.20. The first kappa shape index (κ1) is 56.1. The van der Waals surface area contributed by atoms with Crippen LogP contribution in [0.15, 0.2) is 85.1 Å². The van der Waals surface area contributed by atoms with Crippen LogP contribution in [0.5, 0.6) is 0 Å². The standard InChI is InChI=1S/C48H81O10P/c1-3-5-7-9-11-13-15-17-19-21-22-24-26-28-30-32-34-36-38-40-48(52)58-46(44-57-59(53,54)56-42-45(50)41-49)43-55-47(51)39-37-35-33-31-29-27-25-23-20-18-16-14-12-10-8-6-4-2/h6,8,11-14,17-20,25,27,31,33,45-46,49-50H,3-5,7,9-10,15-16,21-24,26,28-30,32,34-44H2,1-2H3,(H,53,54)/b8-6-,13-11-,14-12-,19-17-,20-18-,27-25-,33-31-/t45-,46+/m0/s1. The zero-order chi connectivity index (χ0) is 43.3. The normalized spacial score (nSPS) is 14.6. The maximum absolute atomic E-state index is 12.6. The van der Waals surface area contributed by atoms with E-state index >= 15 is 0 Å². The van der Waals surface area contributed by atoms with Crippen LogP contribution < -0.4 is 0 Å². The van der Waals surface area contributed by atoms with E-state index in [1.165, 1.54) is 57.8 Å². The van der Waals surface area contributed by atoms with Crippen molar-refractivity contribution in [3.05, 3.63) is 85.1 Å². The molecule has 0 saturated carbocycles. The summed E-state index contributed by atoms with van der Waals surface area (Å²) in [6.07, 6.45) is 51.2. The molecule has 0 aliphatic heterocycles. The molecule has 11 heteroatoms. The van der Waals surface area contributed by atoms with Gasteiger partial charge in [-0.1, -0.05) is 157 Å². The largest absolute Gasteiger partial charge is 0.472 e. The Hall–Kier alpha value is -2.85. The topological polar surface area (TPSA) is 149 Å². The summed E-state index contributed by atoms with van der Waals surface area (Å²) >= 11 is 0. The predicted molar refractivity (Wildman–Crippen MR) is 242 cm³/mol. The van der Waals surface area contributed by atoms with Crippen molar-refractivity contribution >= 4 is 19.8 Å². The number of aliphatic hydroxyl groups is 2. The van der Waals surface area contributed by atoms with Crippen molar-refractivity contribution in [1.29, 1.82) is 0 Å². The molecule has 10 nitrogen and oxygen atoms in total. The van der Waals surface area contributed by atoms with Crippen LogP contribution in [-0.2, 0) is 32.7 Å². The summed E-state index contributed by atoms with van der Waals surface area (Å²) in [6, 6.07) is 0. The maximum Gasteiger partial charge on any atom is 0.472 e. The minimum atomic E-state index is -4.64. The second-order valence-corrected chi connectivity index (χ2v) is 16.1. The van der Waals surface area contributed by atoms with E-state index in [9.17, 15) is 24.2 Å². The number of esters is 2. The number of hydrogen-bond donors (Lipinski definition) is 3. The van der Waals surface area contributed by atoms with Gasteiger partial charge in [-0.25, -0.2) is 4.57 Å². The maximum atomic E-state index is 12.6. The van der Waals surface area contributed by atoms with Gasteiger partial charge in [-0.05, 0) is 83.5 Å². The highest BCUT2D eigenvalue weighted by atomic mass is 31.2. The van der Waals surface area contributed by atoms with E-state index in [2.05, 4.69) is 97.4 Å². The van der Waals surface area contributed by atoms with Crippen molar-refractivity contribution in [3.63, 3.8) is 0 Å². The third kappa shape index (κ3) is 43.1. The third-order valence-electron chi connectivity index (χ3n) is 9.03. The van der Waals surface area contributed by atoms with Gasteiger partial charge in [-0.2, -0.15) is 0 Å². The molecule has 0 bridgehead atoms. The average molecular weight is 849 g/mol. The Labute approximate surface area is 358 Å². The van der Waals surface area contributed by atoms with Crippen LogP contribution in [0.2, 0.25) is 0 Å². The summed E-state index contributed by atoms with van der Waals surface area (Å²) in [4.78, 5) is 35.0. The van der Waals surface area contributed by atoms with Gasteiger partial charge in [0.1, 0.15) is 12.7 Å². The molecule has 338 valence electrons. The minimum absolute atomic E-state index is 0.158. The number of carbonyl (C=O) groups is 2. The summed E-state index contributed by atoms with van der Waals surface area (Å²) in [6.45, 7) is 2.16. The fourth-order valence-corrected chi connectivity index (χ4v) is 6.38. The van der Waals surface area contributed by atoms with E-state index in [1.807, 2.05) is 6.08 Å². The lowest BCUT2D eigenvalue weighted by atomic mass is 10.1. The van der Waals surface area contributed by atoms with Crippen molar-refractivity contribution in [2.45, 2.75) is 180 Å². The van der Waals surface area contributed by atoms with Crippen molar-refractivity contribution in [2.24, 2.45) is 0 Å². The summed E-state index contributed by atoms with van der Waals surface area (Å²) in [5.41, 5.74) is 0. The molecule has 0 aliphatic rings. The number of aliphatic hydroxyl groups excluding tert-OH is 2. The summed E-state index contributed by atoms with van der Waals surface area (Å²) in [5.74, 6) is -1.00. The molecule has 0 spiro atoms. The van der Waals surface area contributed by atoms with E-state index in [-0.39, 0.29) is 19.4 Å². The fraction of sp³-hybridized carbons (Fsp3) is 0.667. The van der Waals surface area contributed by atoms with Crippen LogP contribution in [-0.4, -0.2) is 65.7 Å². The predicted octanol–water partition coefficient (Wildman–Crippen LogP) is 12.2. The molecular formula is C48H81O10P. The van der Waals surface area contributed by atoms with Gasteiger partial charge in [-0.3, -0.25) is 18.6 Å². The smallest absolute Gasteiger partial charge is 0.462 e. The SMILES string of the molecule is CC/C=C\C/C=C\C/C=C\C/C=C\C/C=C\CCCC(=O)OC[C@H](COP(=O)(O)OC[C@@H](O)CO)OC(=O)CCCCCCCCCCC/C=C\C/C=C\CCCCC. The van der Waals surface area contributed by atoms with Crippen LogP contribution in [0.3, 0.4) is 0 Å². The minimum Gasteiger partial charge on any atom is -0.462 e. The number of hydrogen-bond acceptors (Lipinski definition) is 9. The molecule has 0 heterocycles. The molecule has 3 N–H and O–H groups in total. The van der Waals surface area contributed by atoms with Gasteiger partial charge in [-0.15, -0.1) is 0 Å². The highest BCUT2D eigenvalue weighted by Crippen LogP contribution is 2.43. The van der Waals surface area contributed by atoms with E-state index in [1.54, 1.807) is 0 Å². The molecule has 0 amide bonds. The summed E-state index contributed by atoms with van der Waals surface area (Å²) < 4.78 is 32.7. The van der Waals surface area contributed by atoms with Gasteiger partial charge in [0.2, 0.25) is 0 Å². The molecule has 0 radical (unpaired) electrons. The molecule has 0 aromatic rings. The molecule has 1 unspecified atom stereocenters. The second kappa shape index (κ2) is 43.2. The van der Waals surface area contributed by atoms with Gasteiger partial charge in [0, 0.05) is 12.8 Å². The molecule has 0 fully saturated rings. The number of allylic oxidation sites excluding steroid dienone is 14. The van der Waals surface area contributed by atoms with Crippen LogP contribution in [0, 0.1) is 0 Å². The number of phosphoric ester groups is 1. The lowest BCUT2D eigenvalue weighted by molar-refractivity contribution is -0.161. The van der Waals surface area contributed by atoms with Gasteiger partial charge in [0.05, 0.1) is 19.8 Å². The van der Waals surface area contributed by atoms with E-state index in [0.717, 1.165) is 64.2 Å². The van der Waals surface area contributed by atoms with Crippen molar-refractivity contribution in [3.8, 4) is 0 Å². The zero-order valence-electron chi connectivity index (χ0n) is 36.7. The summed E-state index contributed by atoms with van der Waals surface area (Å²) in [5, 5.41) is 18.4. The van der Waals surface area contributed by atoms with Crippen molar-refractivity contribution < 1.29 is 47.8 Å². The average Bonchev–Trinajstić information content (AvgIpc) is 3.22. The number of phosphoric acid groups is 1. The monoisotopic (exact) mass is 849 g/mol. The Morgan fingerprint density at radius 1 is 0.525 bits per heavy atom. The molecule has 59 heavy (non-hydrogen) atoms. The number of ether oxygens (including phenoxy) is 2. The third-order valence-corrected chi connectivity index (χ3v) is 9.98. The quantitative estimate of drug-likeness (QED) is 0.0235. The zero-order valence-corrected chi connectivity index (χ0v) is 37.6. The molecule has 3 atom stereocenters. The Balaban J connectivity index is 4.37. The fourth-order valence-electron chi connectivity index (χ4n) is 5.59. The van der Waals surface area contributed by atoms with Crippen LogP contribution in [0.1, 0.15) is 168 Å². The molecule has 0 rings (SSSR count). The van der Waals surface area contributed by atoms with Gasteiger partial charge >= 0.3 is 19.8 Å². The van der Waals surface area contributed by atoms with Gasteiger partial charge < -0.3 is 24.6 Å². The van der Waals surface area contributed by atoms with Gasteiger partial charge in [0.25, 0.3) is 0 Å². The van der Waals surface area contributed by atoms with Crippen LogP contribution in [0.25, 0.3) is 0 Å². The Bertz CT molecular complexity index is 1250. The number of rotatable bonds is 41. The lowest BCUT2D eigenvalue weighted by Crippen LogP contribution is -2.29. The molecule has 0 saturated heterocycles. The first-order valence-electron chi connectivity index (χ1n) is 22.5. The Kier molecular flexibility index (Phi) is 41.2. The first-order valence-corrected chi connectivity index (χ1v) is 24.0. The number of unbranched alkanes of at least 4 members (excludes halogenated alkanes) is 13. The first-order chi connectivity index (χ1) is 28.7. The molecule has 0 aromatic heterocycles.